The highest BCUT2D eigenvalue weighted by atomic mass is 15.4. The van der Waals surface area contributed by atoms with Gasteiger partial charge in [-0.15, -0.1) is 10.2 Å². The van der Waals surface area contributed by atoms with Gasteiger partial charge in [0.05, 0.1) is 5.69 Å². The summed E-state index contributed by atoms with van der Waals surface area (Å²) in [5, 5.41) is 13.7. The molecule has 0 radical (unpaired) electrons. The number of nitrogens with zero attached hydrogens (tertiary/aromatic N) is 7. The van der Waals surface area contributed by atoms with E-state index in [0.29, 0.717) is 11.8 Å². The van der Waals surface area contributed by atoms with Gasteiger partial charge in [0.2, 0.25) is 5.95 Å². The average Bonchev–Trinajstić information content (AvgIpc) is 3.46. The van der Waals surface area contributed by atoms with Gasteiger partial charge >= 0.3 is 0 Å². The molecule has 3 aromatic heterocycles. The lowest BCUT2D eigenvalue weighted by Gasteiger charge is -2.31. The van der Waals surface area contributed by atoms with E-state index in [-0.39, 0.29) is 5.41 Å². The lowest BCUT2D eigenvalue weighted by atomic mass is 9.92. The average molecular weight is 377 g/mol. The fraction of sp³-hybridized carbons (Fsp3) is 0.571. The predicted molar refractivity (Wildman–Crippen MR) is 108 cm³/mol. The molecule has 7 nitrogen and oxygen atoms in total. The van der Waals surface area contributed by atoms with Crippen LogP contribution < -0.4 is 4.90 Å². The third-order valence-corrected chi connectivity index (χ3v) is 5.91. The van der Waals surface area contributed by atoms with E-state index in [1.165, 1.54) is 18.4 Å². The Hall–Kier alpha value is -2.57. The van der Waals surface area contributed by atoms with Gasteiger partial charge in [0.15, 0.2) is 11.5 Å². The second-order valence-electron chi connectivity index (χ2n) is 9.15. The SMILES string of the molecule is CC(C)(C)c1ccc2nnc(C3CCN(c4ncc(C5CC5)cn4)CC3)n2n1. The quantitative estimate of drug-likeness (QED) is 0.696. The van der Waals surface area contributed by atoms with Gasteiger partial charge in [-0.3, -0.25) is 0 Å². The Bertz CT molecular complexity index is 974. The fourth-order valence-corrected chi connectivity index (χ4v) is 3.92. The van der Waals surface area contributed by atoms with Gasteiger partial charge in [-0.2, -0.15) is 9.61 Å². The van der Waals surface area contributed by atoms with Crippen molar-refractivity contribution in [1.82, 2.24) is 29.8 Å². The number of fused-ring (bicyclic) bond motifs is 1. The Balaban J connectivity index is 1.32. The highest BCUT2D eigenvalue weighted by molar-refractivity contribution is 5.38. The van der Waals surface area contributed by atoms with E-state index in [4.69, 9.17) is 5.10 Å². The molecule has 4 heterocycles. The summed E-state index contributed by atoms with van der Waals surface area (Å²) in [5.74, 6) is 2.89. The molecule has 5 rings (SSSR count). The van der Waals surface area contributed by atoms with E-state index in [0.717, 1.165) is 49.0 Å². The first-order valence-electron chi connectivity index (χ1n) is 10.3. The molecule has 2 fully saturated rings. The fourth-order valence-electron chi connectivity index (χ4n) is 3.92. The predicted octanol–water partition coefficient (Wildman–Crippen LogP) is 3.47. The summed E-state index contributed by atoms with van der Waals surface area (Å²) in [6.07, 6.45) is 8.61. The van der Waals surface area contributed by atoms with Crippen molar-refractivity contribution in [2.75, 3.05) is 18.0 Å². The molecular formula is C21H27N7. The van der Waals surface area contributed by atoms with Crippen LogP contribution in [0.4, 0.5) is 5.95 Å². The van der Waals surface area contributed by atoms with Crippen molar-refractivity contribution in [3.63, 3.8) is 0 Å². The number of anilines is 1. The molecule has 1 aliphatic carbocycles. The summed E-state index contributed by atoms with van der Waals surface area (Å²) < 4.78 is 1.95. The highest BCUT2D eigenvalue weighted by Gasteiger charge is 2.28. The van der Waals surface area contributed by atoms with E-state index in [9.17, 15) is 0 Å². The molecule has 0 N–H and O–H groups in total. The molecule has 1 saturated carbocycles. The lowest BCUT2D eigenvalue weighted by molar-refractivity contribution is 0.468. The number of aromatic nitrogens is 6. The Morgan fingerprint density at radius 1 is 0.893 bits per heavy atom. The minimum absolute atomic E-state index is 0.00304. The Kier molecular flexibility index (Phi) is 4.07. The third-order valence-electron chi connectivity index (χ3n) is 5.91. The molecule has 0 amide bonds. The number of hydrogen-bond donors (Lipinski definition) is 0. The molecule has 0 unspecified atom stereocenters. The zero-order valence-electron chi connectivity index (χ0n) is 16.8. The molecular weight excluding hydrogens is 350 g/mol. The second kappa shape index (κ2) is 6.50. The van der Waals surface area contributed by atoms with Gasteiger partial charge in [-0.25, -0.2) is 9.97 Å². The maximum Gasteiger partial charge on any atom is 0.225 e. The minimum Gasteiger partial charge on any atom is -0.341 e. The Morgan fingerprint density at radius 2 is 1.61 bits per heavy atom. The maximum absolute atomic E-state index is 4.84. The molecule has 28 heavy (non-hydrogen) atoms. The summed E-state index contributed by atoms with van der Waals surface area (Å²) in [4.78, 5) is 11.5. The van der Waals surface area contributed by atoms with E-state index in [1.54, 1.807) is 0 Å². The van der Waals surface area contributed by atoms with Crippen molar-refractivity contribution >= 4 is 11.6 Å². The van der Waals surface area contributed by atoms with Crippen molar-refractivity contribution in [2.45, 2.75) is 63.7 Å². The zero-order chi connectivity index (χ0) is 19.3. The van der Waals surface area contributed by atoms with E-state index < -0.39 is 0 Å². The normalized spacial score (nSPS) is 18.8. The summed E-state index contributed by atoms with van der Waals surface area (Å²) in [6, 6.07) is 4.08. The van der Waals surface area contributed by atoms with Crippen LogP contribution in [0.3, 0.4) is 0 Å². The van der Waals surface area contributed by atoms with Gasteiger partial charge < -0.3 is 4.90 Å². The summed E-state index contributed by atoms with van der Waals surface area (Å²) >= 11 is 0. The highest BCUT2D eigenvalue weighted by Crippen LogP contribution is 2.39. The van der Waals surface area contributed by atoms with Crippen LogP contribution in [0.25, 0.3) is 5.65 Å². The van der Waals surface area contributed by atoms with Gasteiger partial charge in [-0.05, 0) is 49.3 Å². The summed E-state index contributed by atoms with van der Waals surface area (Å²) in [6.45, 7) is 8.40. The molecule has 1 aliphatic heterocycles. The van der Waals surface area contributed by atoms with Crippen molar-refractivity contribution in [3.8, 4) is 0 Å². The van der Waals surface area contributed by atoms with Crippen molar-refractivity contribution in [2.24, 2.45) is 0 Å². The van der Waals surface area contributed by atoms with Crippen LogP contribution in [0.15, 0.2) is 24.5 Å². The molecule has 3 aromatic rings. The molecule has 7 heteroatoms. The smallest absolute Gasteiger partial charge is 0.225 e. The monoisotopic (exact) mass is 377 g/mol. The molecule has 0 bridgehead atoms. The number of piperidine rings is 1. The topological polar surface area (TPSA) is 72.1 Å². The van der Waals surface area contributed by atoms with E-state index in [2.05, 4.69) is 51.9 Å². The second-order valence-corrected chi connectivity index (χ2v) is 9.15. The summed E-state index contributed by atoms with van der Waals surface area (Å²) in [5.41, 5.74) is 3.17. The maximum atomic E-state index is 4.84. The first kappa shape index (κ1) is 17.5. The van der Waals surface area contributed by atoms with Crippen LogP contribution in [0.2, 0.25) is 0 Å². The first-order valence-corrected chi connectivity index (χ1v) is 10.3. The van der Waals surface area contributed by atoms with Crippen LogP contribution in [0.5, 0.6) is 0 Å². The van der Waals surface area contributed by atoms with Gasteiger partial charge in [0, 0.05) is 36.8 Å². The van der Waals surface area contributed by atoms with Crippen molar-refractivity contribution in [1.29, 1.82) is 0 Å². The molecule has 0 aromatic carbocycles. The van der Waals surface area contributed by atoms with Crippen LogP contribution >= 0.6 is 0 Å². The largest absolute Gasteiger partial charge is 0.341 e. The Labute approximate surface area is 165 Å². The molecule has 0 spiro atoms. The van der Waals surface area contributed by atoms with Crippen molar-refractivity contribution in [3.05, 3.63) is 41.6 Å². The van der Waals surface area contributed by atoms with Crippen LogP contribution in [-0.2, 0) is 5.41 Å². The first-order chi connectivity index (χ1) is 13.5. The van der Waals surface area contributed by atoms with Crippen LogP contribution in [-0.4, -0.2) is 42.9 Å². The van der Waals surface area contributed by atoms with Crippen molar-refractivity contribution < 1.29 is 0 Å². The molecule has 2 aliphatic rings. The standard InChI is InChI=1S/C21H27N7/c1-21(2,3)17-6-7-18-24-25-19(28(18)26-17)15-8-10-27(11-9-15)20-22-12-16(13-23-20)14-4-5-14/h6-7,12-15H,4-5,8-11H2,1-3H3. The zero-order valence-corrected chi connectivity index (χ0v) is 16.8. The Morgan fingerprint density at radius 3 is 2.25 bits per heavy atom. The van der Waals surface area contributed by atoms with Gasteiger partial charge in [0.25, 0.3) is 0 Å². The lowest BCUT2D eigenvalue weighted by Crippen LogP contribution is -2.34. The number of hydrogen-bond acceptors (Lipinski definition) is 6. The van der Waals surface area contributed by atoms with E-state index in [1.807, 2.05) is 23.0 Å². The minimum atomic E-state index is 0.00304. The summed E-state index contributed by atoms with van der Waals surface area (Å²) in [7, 11) is 0. The van der Waals surface area contributed by atoms with Crippen LogP contribution in [0, 0.1) is 0 Å². The third kappa shape index (κ3) is 3.23. The van der Waals surface area contributed by atoms with Gasteiger partial charge in [0.1, 0.15) is 0 Å². The number of rotatable bonds is 3. The molecule has 1 saturated heterocycles. The molecule has 0 atom stereocenters. The molecule has 146 valence electrons. The van der Waals surface area contributed by atoms with E-state index >= 15 is 0 Å². The van der Waals surface area contributed by atoms with Crippen LogP contribution in [0.1, 0.15) is 75.4 Å². The van der Waals surface area contributed by atoms with Gasteiger partial charge in [-0.1, -0.05) is 20.8 Å².